The van der Waals surface area contributed by atoms with Crippen molar-refractivity contribution in [2.75, 3.05) is 10.3 Å². The Balaban J connectivity index is 1.18. The molecule has 5 aromatic rings. The number of rotatable bonds is 9. The van der Waals surface area contributed by atoms with Crippen LogP contribution in [0, 0.1) is 40.7 Å². The highest BCUT2D eigenvalue weighted by atomic mass is 16.6. The molecule has 0 radical (unpaired) electrons. The Morgan fingerprint density at radius 1 is 0.828 bits per heavy atom. The molecule has 2 N–H and O–H groups in total. The number of nitrogens with one attached hydrogen (secondary N) is 1. The maximum absolute atomic E-state index is 15.4. The largest absolute Gasteiger partial charge is 0.508 e. The van der Waals surface area contributed by atoms with Crippen LogP contribution in [0.3, 0.4) is 0 Å². The van der Waals surface area contributed by atoms with Crippen molar-refractivity contribution in [2.24, 2.45) is 23.7 Å². The van der Waals surface area contributed by atoms with Crippen LogP contribution in [0.1, 0.15) is 41.0 Å². The predicted molar refractivity (Wildman–Crippen MR) is 213 cm³/mol. The minimum atomic E-state index is -1.57. The lowest BCUT2D eigenvalue weighted by Gasteiger charge is -2.50. The lowest BCUT2D eigenvalue weighted by Crippen LogP contribution is -2.53. The number of carbonyl (C=O) groups is 4. The zero-order valence-corrected chi connectivity index (χ0v) is 31.4. The Hall–Kier alpha value is -7.08. The van der Waals surface area contributed by atoms with E-state index in [0.717, 1.165) is 21.0 Å². The zero-order chi connectivity index (χ0) is 40.3. The number of non-ortho nitro benzene ring substituents is 1. The zero-order valence-electron chi connectivity index (χ0n) is 31.4. The Morgan fingerprint density at radius 2 is 1.52 bits per heavy atom. The van der Waals surface area contributed by atoms with Gasteiger partial charge in [0, 0.05) is 29.7 Å². The molecule has 1 saturated carbocycles. The van der Waals surface area contributed by atoms with Gasteiger partial charge in [-0.05, 0) is 67.1 Å². The molecule has 2 aliphatic heterocycles. The third-order valence-electron chi connectivity index (χ3n) is 12.3. The van der Waals surface area contributed by atoms with Crippen molar-refractivity contribution in [3.05, 3.63) is 171 Å². The Labute approximate surface area is 333 Å². The van der Waals surface area contributed by atoms with Crippen molar-refractivity contribution in [3.8, 4) is 11.5 Å². The molecule has 58 heavy (non-hydrogen) atoms. The predicted octanol–water partition coefficient (Wildman–Crippen LogP) is 7.38. The maximum atomic E-state index is 15.4. The second kappa shape index (κ2) is 14.1. The summed E-state index contributed by atoms with van der Waals surface area (Å²) in [6.45, 7) is 2.19. The highest BCUT2D eigenvalue weighted by Gasteiger charge is 2.70. The van der Waals surface area contributed by atoms with Gasteiger partial charge in [-0.1, -0.05) is 96.1 Å². The standard InChI is InChI=1S/C46H38N4O8/c1-27-12-14-30(15-13-27)47-49-43(53)38-25-37-34(22-23-36-40(37)44(54)48(42(36)52)31-16-18-32(19-17-31)50(56)57)41(46(38,45(49)55)29-10-6-3-7-11-29)35-21-20-33(24-39(35)51)58-26-28-8-4-2-5-9-28/h2-22,24,36-38,40-41,47,51H,23,25-26H2,1H3/t36-,37+,38-,40-,41+,46+/m0/s1. The molecule has 0 aromatic heterocycles. The van der Waals surface area contributed by atoms with Gasteiger partial charge in [-0.3, -0.25) is 39.6 Å². The molecule has 2 saturated heterocycles. The second-order valence-electron chi connectivity index (χ2n) is 15.4. The van der Waals surface area contributed by atoms with Gasteiger partial charge in [0.15, 0.2) is 0 Å². The van der Waals surface area contributed by atoms with Gasteiger partial charge in [0.2, 0.25) is 11.8 Å². The van der Waals surface area contributed by atoms with Crippen LogP contribution >= 0.6 is 0 Å². The number of hydrogen-bond acceptors (Lipinski definition) is 9. The van der Waals surface area contributed by atoms with E-state index in [9.17, 15) is 29.6 Å². The SMILES string of the molecule is Cc1ccc(NN2C(=O)[C@@H]3C[C@@H]4C(=CC[C@@H]5C(=O)N(c6ccc([N+](=O)[O-])cc6)C(=O)[C@@H]54)[C@H](c4ccc(OCc5ccccc5)cc4O)[C@]3(c3ccccc3)C2=O)cc1. The summed E-state index contributed by atoms with van der Waals surface area (Å²) in [7, 11) is 0. The highest BCUT2D eigenvalue weighted by Crippen LogP contribution is 2.65. The number of carbonyl (C=O) groups excluding carboxylic acids is 4. The molecule has 6 atom stereocenters. The number of hydrazine groups is 1. The monoisotopic (exact) mass is 774 g/mol. The fraction of sp³-hybridized carbons (Fsp3) is 0.217. The number of nitro benzene ring substituents is 1. The number of aryl methyl sites for hydroxylation is 1. The topological polar surface area (TPSA) is 159 Å². The van der Waals surface area contributed by atoms with Crippen molar-refractivity contribution in [2.45, 2.75) is 37.7 Å². The summed E-state index contributed by atoms with van der Waals surface area (Å²) in [6.07, 6.45) is 2.15. The van der Waals surface area contributed by atoms with E-state index in [1.807, 2.05) is 85.8 Å². The Morgan fingerprint density at radius 3 is 2.19 bits per heavy atom. The van der Waals surface area contributed by atoms with Gasteiger partial charge in [-0.25, -0.2) is 0 Å². The molecule has 3 fully saturated rings. The van der Waals surface area contributed by atoms with E-state index >= 15 is 4.79 Å². The number of nitrogens with zero attached hydrogens (tertiary/aromatic N) is 3. The van der Waals surface area contributed by atoms with E-state index < -0.39 is 63.6 Å². The molecule has 9 rings (SSSR count). The Bertz CT molecular complexity index is 2510. The summed E-state index contributed by atoms with van der Waals surface area (Å²) in [5.41, 5.74) is 5.63. The van der Waals surface area contributed by atoms with Crippen LogP contribution < -0.4 is 15.1 Å². The molecule has 2 heterocycles. The number of fused-ring (bicyclic) bond motifs is 4. The summed E-state index contributed by atoms with van der Waals surface area (Å²) in [5.74, 6) is -5.97. The van der Waals surface area contributed by atoms with Crippen LogP contribution in [0.4, 0.5) is 17.1 Å². The van der Waals surface area contributed by atoms with E-state index in [-0.39, 0.29) is 36.6 Å². The quantitative estimate of drug-likeness (QED) is 0.0675. The summed E-state index contributed by atoms with van der Waals surface area (Å²) in [6, 6.07) is 36.2. The number of benzene rings is 5. The van der Waals surface area contributed by atoms with Crippen molar-refractivity contribution in [3.63, 3.8) is 0 Å². The van der Waals surface area contributed by atoms with E-state index in [4.69, 9.17) is 4.74 Å². The minimum absolute atomic E-state index is 0.0706. The average molecular weight is 775 g/mol. The molecular weight excluding hydrogens is 737 g/mol. The normalized spacial score (nSPS) is 24.8. The smallest absolute Gasteiger partial charge is 0.269 e. The van der Waals surface area contributed by atoms with Crippen LogP contribution in [0.15, 0.2) is 139 Å². The van der Waals surface area contributed by atoms with Crippen molar-refractivity contribution < 1.29 is 33.9 Å². The van der Waals surface area contributed by atoms with Crippen LogP contribution in [0.25, 0.3) is 0 Å². The van der Waals surface area contributed by atoms with Crippen molar-refractivity contribution in [1.29, 1.82) is 0 Å². The summed E-state index contributed by atoms with van der Waals surface area (Å²) < 4.78 is 6.07. The number of hydrogen-bond donors (Lipinski definition) is 2. The van der Waals surface area contributed by atoms with Gasteiger partial charge < -0.3 is 9.84 Å². The number of aromatic hydroxyl groups is 1. The van der Waals surface area contributed by atoms with Gasteiger partial charge in [-0.15, -0.1) is 0 Å². The van der Waals surface area contributed by atoms with Gasteiger partial charge in [0.25, 0.3) is 17.5 Å². The van der Waals surface area contributed by atoms with E-state index in [1.165, 1.54) is 30.3 Å². The number of imide groups is 2. The molecule has 290 valence electrons. The highest BCUT2D eigenvalue weighted by molar-refractivity contribution is 6.22. The molecule has 0 spiro atoms. The molecule has 12 heteroatoms. The second-order valence-corrected chi connectivity index (χ2v) is 15.4. The number of allylic oxidation sites excluding steroid dienone is 2. The molecule has 4 aliphatic rings. The van der Waals surface area contributed by atoms with E-state index in [0.29, 0.717) is 28.1 Å². The van der Waals surface area contributed by atoms with Crippen LogP contribution in [0.5, 0.6) is 11.5 Å². The lowest BCUT2D eigenvalue weighted by molar-refractivity contribution is -0.384. The van der Waals surface area contributed by atoms with Crippen LogP contribution in [-0.4, -0.2) is 38.7 Å². The number of amides is 4. The number of nitro groups is 1. The minimum Gasteiger partial charge on any atom is -0.508 e. The fourth-order valence-electron chi connectivity index (χ4n) is 9.67. The molecule has 2 aliphatic carbocycles. The number of ether oxygens (including phenoxy) is 1. The summed E-state index contributed by atoms with van der Waals surface area (Å²) in [5, 5.41) is 24.5. The molecule has 0 unspecified atom stereocenters. The average Bonchev–Trinajstić information content (AvgIpc) is 3.62. The van der Waals surface area contributed by atoms with E-state index in [2.05, 4.69) is 5.43 Å². The van der Waals surface area contributed by atoms with Crippen molar-refractivity contribution >= 4 is 40.7 Å². The molecule has 5 aromatic carbocycles. The fourth-order valence-corrected chi connectivity index (χ4v) is 9.67. The third-order valence-corrected chi connectivity index (χ3v) is 12.3. The van der Waals surface area contributed by atoms with Gasteiger partial charge in [0.05, 0.1) is 39.5 Å². The van der Waals surface area contributed by atoms with Gasteiger partial charge in [-0.2, -0.15) is 5.01 Å². The van der Waals surface area contributed by atoms with Gasteiger partial charge >= 0.3 is 0 Å². The summed E-state index contributed by atoms with van der Waals surface area (Å²) >= 11 is 0. The van der Waals surface area contributed by atoms with Crippen molar-refractivity contribution in [1.82, 2.24) is 5.01 Å². The number of phenolic OH excluding ortho intramolecular Hbond substituents is 1. The molecular formula is C46H38N4O8. The number of phenols is 1. The first-order chi connectivity index (χ1) is 28.1. The molecule has 4 amide bonds. The number of anilines is 2. The molecule has 12 nitrogen and oxygen atoms in total. The maximum Gasteiger partial charge on any atom is 0.269 e. The van der Waals surface area contributed by atoms with Crippen LogP contribution in [0.2, 0.25) is 0 Å². The van der Waals surface area contributed by atoms with Gasteiger partial charge in [0.1, 0.15) is 18.1 Å². The first kappa shape index (κ1) is 36.6. The van der Waals surface area contributed by atoms with E-state index in [1.54, 1.807) is 24.3 Å². The lowest BCUT2D eigenvalue weighted by atomic mass is 9.49. The first-order valence-electron chi connectivity index (χ1n) is 19.2. The summed E-state index contributed by atoms with van der Waals surface area (Å²) in [4.78, 5) is 71.0. The van der Waals surface area contributed by atoms with Crippen LogP contribution in [-0.2, 0) is 31.2 Å². The first-order valence-corrected chi connectivity index (χ1v) is 19.2. The molecule has 0 bridgehead atoms. The Kier molecular flexibility index (Phi) is 8.91. The third kappa shape index (κ3) is 5.74.